The Kier molecular flexibility index (Phi) is 4.26. The highest BCUT2D eigenvalue weighted by atomic mass is 16.2. The second-order valence-electron chi connectivity index (χ2n) is 7.34. The molecule has 4 rings (SSSR count). The Morgan fingerprint density at radius 1 is 1.11 bits per heavy atom. The lowest BCUT2D eigenvalue weighted by molar-refractivity contribution is -0.124. The van der Waals surface area contributed by atoms with Gasteiger partial charge in [0.05, 0.1) is 11.9 Å². The zero-order valence-electron chi connectivity index (χ0n) is 16.1. The molecule has 1 aliphatic heterocycles. The fourth-order valence-electron chi connectivity index (χ4n) is 3.89. The van der Waals surface area contributed by atoms with Crippen molar-refractivity contribution < 1.29 is 9.59 Å². The fraction of sp³-hybridized carbons (Fsp3) is 0.227. The summed E-state index contributed by atoms with van der Waals surface area (Å²) in [6.45, 7) is 3.44. The monoisotopic (exact) mass is 374 g/mol. The molecule has 28 heavy (non-hydrogen) atoms. The van der Waals surface area contributed by atoms with Crippen LogP contribution in [0.3, 0.4) is 0 Å². The molecule has 1 aromatic heterocycles. The minimum atomic E-state index is -0.756. The molecule has 0 spiro atoms. The molecule has 6 heteroatoms. The predicted molar refractivity (Wildman–Crippen MR) is 109 cm³/mol. The van der Waals surface area contributed by atoms with Crippen molar-refractivity contribution in [3.8, 4) is 11.3 Å². The number of nitrogens with one attached hydrogen (secondary N) is 1. The van der Waals surface area contributed by atoms with E-state index in [0.29, 0.717) is 12.4 Å². The Labute approximate surface area is 163 Å². The second kappa shape index (κ2) is 6.64. The first-order valence-corrected chi connectivity index (χ1v) is 9.18. The van der Waals surface area contributed by atoms with Crippen LogP contribution in [-0.2, 0) is 21.5 Å². The van der Waals surface area contributed by atoms with E-state index in [1.54, 1.807) is 18.1 Å². The van der Waals surface area contributed by atoms with Crippen molar-refractivity contribution in [1.82, 2.24) is 9.55 Å². The van der Waals surface area contributed by atoms with Crippen molar-refractivity contribution >= 4 is 23.5 Å². The average Bonchev–Trinajstić information content (AvgIpc) is 3.19. The third-order valence-electron chi connectivity index (χ3n) is 5.19. The van der Waals surface area contributed by atoms with E-state index in [1.807, 2.05) is 66.1 Å². The number of rotatable bonds is 4. The molecule has 2 heterocycles. The Morgan fingerprint density at radius 2 is 1.79 bits per heavy atom. The highest BCUT2D eigenvalue weighted by Crippen LogP contribution is 2.40. The van der Waals surface area contributed by atoms with Gasteiger partial charge in [0.25, 0.3) is 5.91 Å². The summed E-state index contributed by atoms with van der Waals surface area (Å²) in [7, 11) is 1.76. The SMILES string of the molecule is CC(=O)Nc1ccc(-c2cnc3n2C(C)(Cc2ccccc2)C(=O)N3C)cc1. The van der Waals surface area contributed by atoms with Crippen LogP contribution in [0.25, 0.3) is 11.3 Å². The van der Waals surface area contributed by atoms with Gasteiger partial charge in [0.1, 0.15) is 5.54 Å². The summed E-state index contributed by atoms with van der Waals surface area (Å²) in [4.78, 5) is 30.5. The van der Waals surface area contributed by atoms with E-state index < -0.39 is 5.54 Å². The smallest absolute Gasteiger partial charge is 0.255 e. The summed E-state index contributed by atoms with van der Waals surface area (Å²) < 4.78 is 2.02. The minimum absolute atomic E-state index is 0.0237. The maximum atomic E-state index is 13.1. The second-order valence-corrected chi connectivity index (χ2v) is 7.34. The number of hydrogen-bond acceptors (Lipinski definition) is 3. The summed E-state index contributed by atoms with van der Waals surface area (Å²) in [5, 5.41) is 2.77. The molecule has 1 aliphatic rings. The number of likely N-dealkylation sites (N-methyl/N-ethyl adjacent to an activating group) is 1. The average molecular weight is 374 g/mol. The molecule has 1 atom stereocenters. The van der Waals surface area contributed by atoms with Gasteiger partial charge in [-0.2, -0.15) is 0 Å². The van der Waals surface area contributed by atoms with Gasteiger partial charge in [-0.1, -0.05) is 42.5 Å². The first kappa shape index (κ1) is 18.0. The third-order valence-corrected chi connectivity index (χ3v) is 5.19. The van der Waals surface area contributed by atoms with Crippen molar-refractivity contribution in [3.63, 3.8) is 0 Å². The topological polar surface area (TPSA) is 67.2 Å². The Balaban J connectivity index is 1.76. The van der Waals surface area contributed by atoms with Crippen LogP contribution in [0.5, 0.6) is 0 Å². The normalized spacial score (nSPS) is 18.2. The Hall–Kier alpha value is -3.41. The number of amides is 2. The molecule has 6 nitrogen and oxygen atoms in total. The molecule has 0 aliphatic carbocycles. The summed E-state index contributed by atoms with van der Waals surface area (Å²) in [6, 6.07) is 17.6. The van der Waals surface area contributed by atoms with Crippen molar-refractivity contribution in [2.75, 3.05) is 17.3 Å². The van der Waals surface area contributed by atoms with E-state index in [1.165, 1.54) is 6.92 Å². The van der Waals surface area contributed by atoms with Crippen LogP contribution in [0.1, 0.15) is 19.4 Å². The predicted octanol–water partition coefficient (Wildman–Crippen LogP) is 3.44. The Bertz CT molecular complexity index is 1040. The number of imidazole rings is 1. The van der Waals surface area contributed by atoms with Gasteiger partial charge < -0.3 is 5.32 Å². The summed E-state index contributed by atoms with van der Waals surface area (Å²) in [5.74, 6) is 0.556. The van der Waals surface area contributed by atoms with Crippen LogP contribution in [0, 0.1) is 0 Å². The number of carbonyl (C=O) groups excluding carboxylic acids is 2. The lowest BCUT2D eigenvalue weighted by Crippen LogP contribution is -2.41. The third kappa shape index (κ3) is 2.87. The van der Waals surface area contributed by atoms with Crippen LogP contribution in [-0.4, -0.2) is 28.4 Å². The molecule has 0 saturated carbocycles. The molecule has 0 fully saturated rings. The van der Waals surface area contributed by atoms with E-state index >= 15 is 0 Å². The van der Waals surface area contributed by atoms with Crippen molar-refractivity contribution in [2.45, 2.75) is 25.8 Å². The highest BCUT2D eigenvalue weighted by molar-refractivity contribution is 6.02. The number of hydrogen-bond donors (Lipinski definition) is 1. The molecule has 142 valence electrons. The van der Waals surface area contributed by atoms with Gasteiger partial charge in [-0.05, 0) is 30.2 Å². The van der Waals surface area contributed by atoms with Crippen molar-refractivity contribution in [1.29, 1.82) is 0 Å². The molecular weight excluding hydrogens is 352 g/mol. The molecule has 1 N–H and O–H groups in total. The van der Waals surface area contributed by atoms with E-state index in [0.717, 1.165) is 22.5 Å². The number of anilines is 2. The number of fused-ring (bicyclic) bond motifs is 1. The maximum absolute atomic E-state index is 13.1. The molecular formula is C22H22N4O2. The standard InChI is InChI=1S/C22H22N4O2/c1-15(27)24-18-11-9-17(10-12-18)19-14-23-21-25(3)20(28)22(2,26(19)21)13-16-7-5-4-6-8-16/h4-12,14H,13H2,1-3H3,(H,24,27). The van der Waals surface area contributed by atoms with E-state index in [9.17, 15) is 9.59 Å². The molecule has 2 amide bonds. The van der Waals surface area contributed by atoms with Crippen LogP contribution < -0.4 is 10.2 Å². The first-order chi connectivity index (χ1) is 13.4. The van der Waals surface area contributed by atoms with Gasteiger partial charge in [-0.3, -0.25) is 19.1 Å². The number of benzene rings is 2. The van der Waals surface area contributed by atoms with Gasteiger partial charge in [0, 0.05) is 26.1 Å². The molecule has 0 bridgehead atoms. The van der Waals surface area contributed by atoms with E-state index in [2.05, 4.69) is 10.3 Å². The lowest BCUT2D eigenvalue weighted by Gasteiger charge is -2.26. The number of carbonyl (C=O) groups is 2. The van der Waals surface area contributed by atoms with Gasteiger partial charge >= 0.3 is 0 Å². The van der Waals surface area contributed by atoms with Crippen LogP contribution in [0.2, 0.25) is 0 Å². The van der Waals surface area contributed by atoms with Gasteiger partial charge in [-0.15, -0.1) is 0 Å². The van der Waals surface area contributed by atoms with Gasteiger partial charge in [0.15, 0.2) is 0 Å². The zero-order valence-corrected chi connectivity index (χ0v) is 16.1. The summed E-state index contributed by atoms with van der Waals surface area (Å²) in [6.07, 6.45) is 2.38. The quantitative estimate of drug-likeness (QED) is 0.761. The van der Waals surface area contributed by atoms with Crippen LogP contribution in [0.4, 0.5) is 11.6 Å². The van der Waals surface area contributed by atoms with Crippen molar-refractivity contribution in [2.24, 2.45) is 0 Å². The van der Waals surface area contributed by atoms with Gasteiger partial charge in [0.2, 0.25) is 11.9 Å². The van der Waals surface area contributed by atoms with Crippen LogP contribution in [0.15, 0.2) is 60.8 Å². The molecule has 0 radical (unpaired) electrons. The molecule has 1 unspecified atom stereocenters. The van der Waals surface area contributed by atoms with Gasteiger partial charge in [-0.25, -0.2) is 4.98 Å². The number of nitrogens with zero attached hydrogens (tertiary/aromatic N) is 3. The summed E-state index contributed by atoms with van der Waals surface area (Å²) in [5.41, 5.74) is 2.89. The van der Waals surface area contributed by atoms with Crippen LogP contribution >= 0.6 is 0 Å². The zero-order chi connectivity index (χ0) is 19.9. The molecule has 3 aromatic rings. The minimum Gasteiger partial charge on any atom is -0.326 e. The number of aromatic nitrogens is 2. The van der Waals surface area contributed by atoms with E-state index in [-0.39, 0.29) is 11.8 Å². The Morgan fingerprint density at radius 3 is 2.43 bits per heavy atom. The maximum Gasteiger partial charge on any atom is 0.255 e. The lowest BCUT2D eigenvalue weighted by atomic mass is 9.91. The van der Waals surface area contributed by atoms with Crippen molar-refractivity contribution in [3.05, 3.63) is 66.4 Å². The molecule has 2 aromatic carbocycles. The first-order valence-electron chi connectivity index (χ1n) is 9.18. The largest absolute Gasteiger partial charge is 0.326 e. The summed E-state index contributed by atoms with van der Waals surface area (Å²) >= 11 is 0. The fourth-order valence-corrected chi connectivity index (χ4v) is 3.89. The highest BCUT2D eigenvalue weighted by Gasteiger charge is 2.48. The van der Waals surface area contributed by atoms with E-state index in [4.69, 9.17) is 0 Å². The molecule has 0 saturated heterocycles.